The fourth-order valence-corrected chi connectivity index (χ4v) is 6.90. The van der Waals surface area contributed by atoms with E-state index in [2.05, 4.69) is 134 Å². The Labute approximate surface area is 247 Å². The van der Waals surface area contributed by atoms with E-state index < -0.39 is 0 Å². The Morgan fingerprint density at radius 2 is 1.26 bits per heavy atom. The Balaban J connectivity index is 1.41. The van der Waals surface area contributed by atoms with Gasteiger partial charge in [-0.15, -0.1) is 13.2 Å². The van der Waals surface area contributed by atoms with E-state index in [9.17, 15) is 0 Å². The van der Waals surface area contributed by atoms with Crippen molar-refractivity contribution in [2.24, 2.45) is 13.0 Å². The molecule has 1 heterocycles. The van der Waals surface area contributed by atoms with Gasteiger partial charge in [-0.1, -0.05) is 98.1 Å². The molecule has 2 unspecified atom stereocenters. The molecule has 2 atom stereocenters. The van der Waals surface area contributed by atoms with Crippen LogP contribution in [0.3, 0.4) is 0 Å². The summed E-state index contributed by atoms with van der Waals surface area (Å²) in [6, 6.07) is 30.8. The Morgan fingerprint density at radius 3 is 1.88 bits per heavy atom. The molecule has 0 fully saturated rings. The number of rotatable bonds is 6. The Hall–Kier alpha value is -5.21. The molecular weight excluding hydrogens is 508 g/mol. The molecule has 1 aromatic heterocycles. The van der Waals surface area contributed by atoms with Crippen LogP contribution in [0.2, 0.25) is 0 Å². The number of benzene rings is 5. The van der Waals surface area contributed by atoms with Crippen LogP contribution in [0.5, 0.6) is 0 Å². The van der Waals surface area contributed by atoms with Crippen LogP contribution in [0.15, 0.2) is 123 Å². The van der Waals surface area contributed by atoms with Gasteiger partial charge in [0, 0.05) is 24.4 Å². The third kappa shape index (κ3) is 3.76. The van der Waals surface area contributed by atoms with Gasteiger partial charge in [-0.3, -0.25) is 0 Å². The van der Waals surface area contributed by atoms with Crippen molar-refractivity contribution in [1.82, 2.24) is 9.55 Å². The van der Waals surface area contributed by atoms with Gasteiger partial charge < -0.3 is 4.57 Å². The average molecular weight is 541 g/mol. The van der Waals surface area contributed by atoms with E-state index in [0.717, 1.165) is 22.8 Å². The van der Waals surface area contributed by atoms with Crippen molar-refractivity contribution >= 4 is 56.1 Å². The largest absolute Gasteiger partial charge is 0.327 e. The van der Waals surface area contributed by atoms with Crippen molar-refractivity contribution < 1.29 is 0 Å². The zero-order valence-corrected chi connectivity index (χ0v) is 23.8. The smallest absolute Gasteiger partial charge is 0.140 e. The van der Waals surface area contributed by atoms with Crippen LogP contribution < -0.4 is 0 Å². The van der Waals surface area contributed by atoms with Crippen LogP contribution in [-0.4, -0.2) is 9.55 Å². The van der Waals surface area contributed by atoms with Gasteiger partial charge in [-0.25, -0.2) is 4.98 Å². The van der Waals surface area contributed by atoms with Crippen LogP contribution in [0.1, 0.15) is 34.0 Å². The fourth-order valence-electron chi connectivity index (χ4n) is 6.90. The second kappa shape index (κ2) is 10.0. The Bertz CT molecular complexity index is 2140. The third-order valence-electron chi connectivity index (χ3n) is 8.89. The maximum absolute atomic E-state index is 4.82. The van der Waals surface area contributed by atoms with Gasteiger partial charge in [-0.2, -0.15) is 0 Å². The molecule has 202 valence electrons. The lowest BCUT2D eigenvalue weighted by atomic mass is 9.70. The number of fused-ring (bicyclic) bond motifs is 7. The van der Waals surface area contributed by atoms with Crippen molar-refractivity contribution in [3.63, 3.8) is 0 Å². The van der Waals surface area contributed by atoms with E-state index in [0.29, 0.717) is 0 Å². The highest BCUT2D eigenvalue weighted by Crippen LogP contribution is 2.49. The molecule has 0 saturated carbocycles. The maximum atomic E-state index is 4.82. The van der Waals surface area contributed by atoms with Gasteiger partial charge in [0.05, 0.1) is 11.4 Å². The van der Waals surface area contributed by atoms with Crippen LogP contribution in [0.25, 0.3) is 67.5 Å². The van der Waals surface area contributed by atoms with E-state index in [1.807, 2.05) is 13.1 Å². The Kier molecular flexibility index (Phi) is 6.13. The molecule has 0 bridgehead atoms. The monoisotopic (exact) mass is 540 g/mol. The van der Waals surface area contributed by atoms with Crippen molar-refractivity contribution in [3.8, 4) is 11.4 Å². The number of hydrogen-bond acceptors (Lipinski definition) is 1. The SMILES string of the molecule is C=Cc1nc(-c2ccc3cc(C4=Cc5c(c6ccccc6c6ccccc56)C(C=C)C4C=C)ccc3c2)n(C)c1C=C. The second-order valence-corrected chi connectivity index (χ2v) is 11.0. The van der Waals surface area contributed by atoms with Gasteiger partial charge in [0.1, 0.15) is 5.82 Å². The lowest BCUT2D eigenvalue weighted by Crippen LogP contribution is -2.17. The molecule has 42 heavy (non-hydrogen) atoms. The first-order valence-electron chi connectivity index (χ1n) is 14.3. The van der Waals surface area contributed by atoms with E-state index >= 15 is 0 Å². The summed E-state index contributed by atoms with van der Waals surface area (Å²) in [4.78, 5) is 4.82. The van der Waals surface area contributed by atoms with Crippen molar-refractivity contribution in [2.75, 3.05) is 0 Å². The molecule has 0 amide bonds. The number of imidazole rings is 1. The van der Waals surface area contributed by atoms with Gasteiger partial charge in [-0.05, 0) is 84.9 Å². The molecule has 2 heteroatoms. The molecule has 1 aliphatic carbocycles. The molecule has 0 aliphatic heterocycles. The molecule has 0 N–H and O–H groups in total. The standard InChI is InChI=1S/C40H32N2/c1-6-29-30(7-2)39-34-17-13-12-15-32(34)31-14-10-11-16-33(31)36(39)24-35(29)27-20-18-26-23-28(21-19-25(26)22-27)40-41-37(8-3)38(9-4)42(40)5/h6-24,29-30H,1-4H2,5H3. The highest BCUT2D eigenvalue weighted by molar-refractivity contribution is 6.15. The van der Waals surface area contributed by atoms with E-state index in [4.69, 9.17) is 4.98 Å². The molecule has 7 rings (SSSR count). The van der Waals surface area contributed by atoms with Gasteiger partial charge in [0.25, 0.3) is 0 Å². The van der Waals surface area contributed by atoms with Crippen LogP contribution >= 0.6 is 0 Å². The fraction of sp³-hybridized carbons (Fsp3) is 0.0750. The van der Waals surface area contributed by atoms with Crippen LogP contribution in [-0.2, 0) is 7.05 Å². The summed E-state index contributed by atoms with van der Waals surface area (Å²) >= 11 is 0. The zero-order valence-electron chi connectivity index (χ0n) is 23.8. The summed E-state index contributed by atoms with van der Waals surface area (Å²) < 4.78 is 2.07. The molecule has 0 radical (unpaired) electrons. The predicted octanol–water partition coefficient (Wildman–Crippen LogP) is 10.5. The summed E-state index contributed by atoms with van der Waals surface area (Å²) in [6.07, 6.45) is 10.2. The highest BCUT2D eigenvalue weighted by atomic mass is 15.1. The van der Waals surface area contributed by atoms with Crippen molar-refractivity contribution in [3.05, 3.63) is 151 Å². The lowest BCUT2D eigenvalue weighted by molar-refractivity contribution is 0.726. The van der Waals surface area contributed by atoms with Crippen LogP contribution in [0, 0.1) is 5.92 Å². The van der Waals surface area contributed by atoms with Gasteiger partial charge in [0.15, 0.2) is 0 Å². The van der Waals surface area contributed by atoms with Crippen molar-refractivity contribution in [1.29, 1.82) is 0 Å². The Morgan fingerprint density at radius 1 is 0.667 bits per heavy atom. The maximum Gasteiger partial charge on any atom is 0.140 e. The minimum atomic E-state index is 0.110. The minimum Gasteiger partial charge on any atom is -0.327 e. The molecule has 0 spiro atoms. The predicted molar refractivity (Wildman–Crippen MR) is 182 cm³/mol. The second-order valence-electron chi connectivity index (χ2n) is 11.0. The first-order chi connectivity index (χ1) is 20.6. The van der Waals surface area contributed by atoms with Crippen molar-refractivity contribution in [2.45, 2.75) is 5.92 Å². The number of aromatic nitrogens is 2. The van der Waals surface area contributed by atoms with Gasteiger partial charge >= 0.3 is 0 Å². The van der Waals surface area contributed by atoms with E-state index in [1.165, 1.54) is 54.6 Å². The average Bonchev–Trinajstić information content (AvgIpc) is 3.38. The third-order valence-corrected chi connectivity index (χ3v) is 8.89. The van der Waals surface area contributed by atoms with Gasteiger partial charge in [0.2, 0.25) is 0 Å². The molecule has 5 aromatic carbocycles. The molecule has 0 saturated heterocycles. The molecule has 2 nitrogen and oxygen atoms in total. The summed E-state index contributed by atoms with van der Waals surface area (Å²) in [5.41, 5.74) is 7.96. The minimum absolute atomic E-state index is 0.110. The topological polar surface area (TPSA) is 17.8 Å². The molecular formula is C40H32N2. The number of nitrogens with zero attached hydrogens (tertiary/aromatic N) is 2. The zero-order chi connectivity index (χ0) is 29.0. The first kappa shape index (κ1) is 25.7. The summed E-state index contributed by atoms with van der Waals surface area (Å²) in [6.45, 7) is 16.5. The first-order valence-corrected chi connectivity index (χ1v) is 14.3. The summed E-state index contributed by atoms with van der Waals surface area (Å²) in [5.74, 6) is 1.13. The van der Waals surface area contributed by atoms with E-state index in [1.54, 1.807) is 6.08 Å². The molecule has 1 aliphatic rings. The normalized spacial score (nSPS) is 16.3. The summed E-state index contributed by atoms with van der Waals surface area (Å²) in [7, 11) is 2.02. The molecule has 6 aromatic rings. The summed E-state index contributed by atoms with van der Waals surface area (Å²) in [5, 5.41) is 7.48. The van der Waals surface area contributed by atoms with E-state index in [-0.39, 0.29) is 11.8 Å². The number of allylic oxidation sites excluding steroid dienone is 3. The highest BCUT2D eigenvalue weighted by Gasteiger charge is 2.31. The quantitative estimate of drug-likeness (QED) is 0.152. The lowest BCUT2D eigenvalue weighted by Gasteiger charge is -2.33. The number of hydrogen-bond donors (Lipinski definition) is 0. The van der Waals surface area contributed by atoms with Crippen LogP contribution in [0.4, 0.5) is 0 Å².